The van der Waals surface area contributed by atoms with E-state index in [0.717, 1.165) is 22.8 Å². The van der Waals surface area contributed by atoms with Gasteiger partial charge in [0.15, 0.2) is 0 Å². The Morgan fingerprint density at radius 3 is 2.71 bits per heavy atom. The lowest BCUT2D eigenvalue weighted by atomic mass is 10.3. The SMILES string of the molecule is CCN[C@H](C)CNC(=O)c1sccc1S(=O)(=O)NCc1cccs1. The first kappa shape index (κ1) is 19.1. The van der Waals surface area contributed by atoms with Crippen molar-refractivity contribution in [2.24, 2.45) is 0 Å². The molecule has 0 aromatic carbocycles. The minimum Gasteiger partial charge on any atom is -0.350 e. The molecule has 1 atom stereocenters. The van der Waals surface area contributed by atoms with Gasteiger partial charge in [0.05, 0.1) is 0 Å². The van der Waals surface area contributed by atoms with E-state index in [0.29, 0.717) is 6.54 Å². The molecule has 2 rings (SSSR count). The third-order valence-electron chi connectivity index (χ3n) is 3.26. The lowest BCUT2D eigenvalue weighted by molar-refractivity contribution is 0.0951. The number of nitrogens with one attached hydrogen (secondary N) is 3. The largest absolute Gasteiger partial charge is 0.350 e. The van der Waals surface area contributed by atoms with Gasteiger partial charge in [-0.05, 0) is 36.4 Å². The van der Waals surface area contributed by atoms with Gasteiger partial charge in [-0.15, -0.1) is 22.7 Å². The van der Waals surface area contributed by atoms with Gasteiger partial charge >= 0.3 is 0 Å². The summed E-state index contributed by atoms with van der Waals surface area (Å²) in [7, 11) is -3.73. The molecule has 1 amide bonds. The molecular formula is C15H21N3O3S3. The zero-order valence-corrected chi connectivity index (χ0v) is 16.0. The van der Waals surface area contributed by atoms with E-state index in [1.165, 1.54) is 17.4 Å². The molecule has 2 aromatic rings. The average Bonchev–Trinajstić information content (AvgIpc) is 3.22. The van der Waals surface area contributed by atoms with Crippen LogP contribution in [0.1, 0.15) is 28.4 Å². The Bertz CT molecular complexity index is 754. The van der Waals surface area contributed by atoms with E-state index < -0.39 is 10.0 Å². The van der Waals surface area contributed by atoms with Gasteiger partial charge in [-0.3, -0.25) is 4.79 Å². The van der Waals surface area contributed by atoms with Gasteiger partial charge in [-0.25, -0.2) is 13.1 Å². The van der Waals surface area contributed by atoms with Crippen molar-refractivity contribution in [3.8, 4) is 0 Å². The third-order valence-corrected chi connectivity index (χ3v) is 6.63. The van der Waals surface area contributed by atoms with Crippen LogP contribution in [-0.2, 0) is 16.6 Å². The molecule has 0 aliphatic carbocycles. The van der Waals surface area contributed by atoms with Gasteiger partial charge in [-0.1, -0.05) is 13.0 Å². The van der Waals surface area contributed by atoms with Crippen molar-refractivity contribution in [1.29, 1.82) is 0 Å². The predicted molar refractivity (Wildman–Crippen MR) is 98.1 cm³/mol. The summed E-state index contributed by atoms with van der Waals surface area (Å²) < 4.78 is 27.5. The van der Waals surface area contributed by atoms with E-state index in [2.05, 4.69) is 15.4 Å². The van der Waals surface area contributed by atoms with Crippen LogP contribution in [-0.4, -0.2) is 33.5 Å². The van der Waals surface area contributed by atoms with Crippen molar-refractivity contribution in [2.75, 3.05) is 13.1 Å². The Morgan fingerprint density at radius 2 is 2.04 bits per heavy atom. The molecule has 0 aliphatic heterocycles. The maximum atomic E-state index is 12.5. The highest BCUT2D eigenvalue weighted by Crippen LogP contribution is 2.22. The van der Waals surface area contributed by atoms with Crippen LogP contribution in [0.3, 0.4) is 0 Å². The van der Waals surface area contributed by atoms with Crippen LogP contribution >= 0.6 is 22.7 Å². The molecule has 132 valence electrons. The molecular weight excluding hydrogens is 366 g/mol. The molecule has 0 unspecified atom stereocenters. The summed E-state index contributed by atoms with van der Waals surface area (Å²) in [6, 6.07) is 5.31. The predicted octanol–water partition coefficient (Wildman–Crippen LogP) is 2.02. The van der Waals surface area contributed by atoms with Gasteiger partial charge in [0, 0.05) is 24.0 Å². The number of carbonyl (C=O) groups is 1. The smallest absolute Gasteiger partial charge is 0.262 e. The summed E-state index contributed by atoms with van der Waals surface area (Å²) in [4.78, 5) is 13.4. The van der Waals surface area contributed by atoms with Crippen molar-refractivity contribution in [2.45, 2.75) is 31.3 Å². The fraction of sp³-hybridized carbons (Fsp3) is 0.400. The maximum absolute atomic E-state index is 12.5. The van der Waals surface area contributed by atoms with E-state index in [1.54, 1.807) is 5.38 Å². The number of hydrogen-bond acceptors (Lipinski definition) is 6. The maximum Gasteiger partial charge on any atom is 0.262 e. The number of sulfonamides is 1. The number of hydrogen-bond donors (Lipinski definition) is 3. The van der Waals surface area contributed by atoms with Crippen LogP contribution in [0.5, 0.6) is 0 Å². The highest BCUT2D eigenvalue weighted by atomic mass is 32.2. The molecule has 9 heteroatoms. The Morgan fingerprint density at radius 1 is 1.25 bits per heavy atom. The Hall–Kier alpha value is -1.26. The molecule has 6 nitrogen and oxygen atoms in total. The van der Waals surface area contributed by atoms with Crippen LogP contribution in [0.15, 0.2) is 33.9 Å². The minimum absolute atomic E-state index is 0.0256. The summed E-state index contributed by atoms with van der Waals surface area (Å²) in [6.45, 7) is 5.41. The standard InChI is InChI=1S/C15H21N3O3S3/c1-3-16-11(2)9-17-15(19)14-13(6-8-23-14)24(20,21)18-10-12-5-4-7-22-12/h4-8,11,16,18H,3,9-10H2,1-2H3,(H,17,19)/t11-/m1/s1. The second-order valence-corrected chi connectivity index (χ2v) is 8.87. The van der Waals surface area contributed by atoms with Crippen LogP contribution in [0.4, 0.5) is 0 Å². The van der Waals surface area contributed by atoms with Crippen molar-refractivity contribution < 1.29 is 13.2 Å². The van der Waals surface area contributed by atoms with Gasteiger partial charge in [-0.2, -0.15) is 0 Å². The van der Waals surface area contributed by atoms with Crippen molar-refractivity contribution in [1.82, 2.24) is 15.4 Å². The summed E-state index contributed by atoms with van der Waals surface area (Å²) in [6.07, 6.45) is 0. The lowest BCUT2D eigenvalue weighted by Gasteiger charge is -2.13. The summed E-state index contributed by atoms with van der Waals surface area (Å²) in [5.41, 5.74) is 0. The van der Waals surface area contributed by atoms with Crippen LogP contribution in [0.25, 0.3) is 0 Å². The van der Waals surface area contributed by atoms with E-state index in [-0.39, 0.29) is 28.3 Å². The first-order valence-electron chi connectivity index (χ1n) is 7.55. The number of rotatable bonds is 9. The molecule has 3 N–H and O–H groups in total. The zero-order valence-electron chi connectivity index (χ0n) is 13.5. The highest BCUT2D eigenvalue weighted by Gasteiger charge is 2.24. The summed E-state index contributed by atoms with van der Waals surface area (Å²) in [5.74, 6) is -0.369. The van der Waals surface area contributed by atoms with Gasteiger partial charge < -0.3 is 10.6 Å². The summed E-state index contributed by atoms with van der Waals surface area (Å²) >= 11 is 2.60. The molecule has 0 spiro atoms. The van der Waals surface area contributed by atoms with E-state index >= 15 is 0 Å². The molecule has 0 fully saturated rings. The number of thiophene rings is 2. The number of likely N-dealkylation sites (N-methyl/N-ethyl adjacent to an activating group) is 1. The van der Waals surface area contributed by atoms with Gasteiger partial charge in [0.25, 0.3) is 5.91 Å². The normalized spacial score (nSPS) is 12.9. The molecule has 2 heterocycles. The zero-order chi connectivity index (χ0) is 17.6. The average molecular weight is 388 g/mol. The first-order chi connectivity index (χ1) is 11.4. The molecule has 0 saturated heterocycles. The molecule has 0 aliphatic rings. The lowest BCUT2D eigenvalue weighted by Crippen LogP contribution is -2.39. The van der Waals surface area contributed by atoms with Crippen molar-refractivity contribution >= 4 is 38.6 Å². The minimum atomic E-state index is -3.73. The second-order valence-electron chi connectivity index (χ2n) is 5.19. The van der Waals surface area contributed by atoms with Crippen LogP contribution in [0.2, 0.25) is 0 Å². The topological polar surface area (TPSA) is 87.3 Å². The molecule has 2 aromatic heterocycles. The first-order valence-corrected chi connectivity index (χ1v) is 10.8. The quantitative estimate of drug-likeness (QED) is 0.614. The molecule has 0 bridgehead atoms. The molecule has 0 saturated carbocycles. The van der Waals surface area contributed by atoms with Crippen molar-refractivity contribution in [3.63, 3.8) is 0 Å². The Kier molecular flexibility index (Phi) is 6.93. The fourth-order valence-electron chi connectivity index (χ4n) is 2.08. The number of amides is 1. The Labute approximate surface area is 150 Å². The van der Waals surface area contributed by atoms with E-state index in [9.17, 15) is 13.2 Å². The summed E-state index contributed by atoms with van der Waals surface area (Å²) in [5, 5.41) is 9.46. The third kappa shape index (κ3) is 5.12. The van der Waals surface area contributed by atoms with Crippen LogP contribution < -0.4 is 15.4 Å². The van der Waals surface area contributed by atoms with Crippen molar-refractivity contribution in [3.05, 3.63) is 38.7 Å². The highest BCUT2D eigenvalue weighted by molar-refractivity contribution is 7.89. The monoisotopic (exact) mass is 387 g/mol. The van der Waals surface area contributed by atoms with Crippen LogP contribution in [0, 0.1) is 0 Å². The van der Waals surface area contributed by atoms with Gasteiger partial charge in [0.1, 0.15) is 9.77 Å². The fourth-order valence-corrected chi connectivity index (χ4v) is 5.16. The van der Waals surface area contributed by atoms with Gasteiger partial charge in [0.2, 0.25) is 10.0 Å². The van der Waals surface area contributed by atoms with E-state index in [1.807, 2.05) is 31.4 Å². The molecule has 0 radical (unpaired) electrons. The van der Waals surface area contributed by atoms with E-state index in [4.69, 9.17) is 0 Å². The molecule has 24 heavy (non-hydrogen) atoms. The Balaban J connectivity index is 2.03. The number of carbonyl (C=O) groups excluding carboxylic acids is 1. The second kappa shape index (κ2) is 8.72.